The lowest BCUT2D eigenvalue weighted by Crippen LogP contribution is -2.49. The number of nitrogens with one attached hydrogen (secondary N) is 1. The predicted octanol–water partition coefficient (Wildman–Crippen LogP) is 1.16. The number of aromatic nitrogens is 2. The van der Waals surface area contributed by atoms with Crippen molar-refractivity contribution in [2.45, 2.75) is 38.3 Å². The van der Waals surface area contributed by atoms with Crippen LogP contribution in [0.5, 0.6) is 0 Å². The van der Waals surface area contributed by atoms with Crippen LogP contribution in [0.3, 0.4) is 0 Å². The third kappa shape index (κ3) is 2.97. The van der Waals surface area contributed by atoms with Gasteiger partial charge >= 0.3 is 0 Å². The van der Waals surface area contributed by atoms with E-state index in [1.807, 2.05) is 0 Å². The summed E-state index contributed by atoms with van der Waals surface area (Å²) in [5.41, 5.74) is 0. The van der Waals surface area contributed by atoms with E-state index >= 15 is 0 Å². The minimum Gasteiger partial charge on any atom is -0.339 e. The first-order valence-electron chi connectivity index (χ1n) is 6.10. The third-order valence-electron chi connectivity index (χ3n) is 3.39. The van der Waals surface area contributed by atoms with Crippen molar-refractivity contribution in [3.8, 4) is 0 Å². The molecule has 2 aliphatic rings. The zero-order chi connectivity index (χ0) is 11.0. The molecule has 1 saturated carbocycles. The number of rotatable bonds is 3. The average Bonchev–Trinajstić information content (AvgIpc) is 3.03. The van der Waals surface area contributed by atoms with Gasteiger partial charge in [0.1, 0.15) is 0 Å². The minimum atomic E-state index is 0. The van der Waals surface area contributed by atoms with Gasteiger partial charge in [0.15, 0.2) is 5.82 Å². The molecule has 1 aliphatic heterocycles. The molecule has 0 unspecified atom stereocenters. The zero-order valence-corrected chi connectivity index (χ0v) is 10.9. The molecule has 5 nitrogen and oxygen atoms in total. The molecule has 1 saturated heterocycles. The van der Waals surface area contributed by atoms with Crippen LogP contribution in [-0.4, -0.2) is 40.7 Å². The number of halogens is 1. The number of piperazine rings is 1. The van der Waals surface area contributed by atoms with Crippen LogP contribution < -0.4 is 5.32 Å². The molecule has 0 bridgehead atoms. The second-order valence-electron chi connectivity index (χ2n) is 4.85. The van der Waals surface area contributed by atoms with Gasteiger partial charge in [0, 0.05) is 31.6 Å². The average molecular weight is 259 g/mol. The molecule has 96 valence electrons. The van der Waals surface area contributed by atoms with Gasteiger partial charge in [-0.3, -0.25) is 4.90 Å². The van der Waals surface area contributed by atoms with Crippen molar-refractivity contribution in [1.29, 1.82) is 0 Å². The SMILES string of the molecule is C[C@@H]1CNCCN1Cc1noc(C2CC2)n1.Cl. The van der Waals surface area contributed by atoms with Crippen molar-refractivity contribution in [3.05, 3.63) is 11.7 Å². The molecular weight excluding hydrogens is 240 g/mol. The normalized spacial score (nSPS) is 25.6. The molecule has 1 aliphatic carbocycles. The molecule has 2 heterocycles. The molecular formula is C11H19ClN4O. The molecule has 0 aromatic carbocycles. The summed E-state index contributed by atoms with van der Waals surface area (Å²) >= 11 is 0. The Bertz CT molecular complexity index is 366. The van der Waals surface area contributed by atoms with Crippen molar-refractivity contribution in [2.75, 3.05) is 19.6 Å². The van der Waals surface area contributed by atoms with E-state index < -0.39 is 0 Å². The largest absolute Gasteiger partial charge is 0.339 e. The van der Waals surface area contributed by atoms with E-state index in [-0.39, 0.29) is 12.4 Å². The van der Waals surface area contributed by atoms with E-state index in [4.69, 9.17) is 4.52 Å². The van der Waals surface area contributed by atoms with Gasteiger partial charge < -0.3 is 9.84 Å². The van der Waals surface area contributed by atoms with Crippen LogP contribution in [0.25, 0.3) is 0 Å². The molecule has 1 aromatic heterocycles. The molecule has 6 heteroatoms. The van der Waals surface area contributed by atoms with E-state index in [1.54, 1.807) is 0 Å². The summed E-state index contributed by atoms with van der Waals surface area (Å²) in [6, 6.07) is 0.552. The second-order valence-corrected chi connectivity index (χ2v) is 4.85. The lowest BCUT2D eigenvalue weighted by molar-refractivity contribution is 0.160. The van der Waals surface area contributed by atoms with Gasteiger partial charge in [-0.15, -0.1) is 12.4 Å². The summed E-state index contributed by atoms with van der Waals surface area (Å²) in [5.74, 6) is 2.25. The fourth-order valence-corrected chi connectivity index (χ4v) is 2.13. The van der Waals surface area contributed by atoms with Crippen molar-refractivity contribution >= 4 is 12.4 Å². The van der Waals surface area contributed by atoms with Gasteiger partial charge in [0.05, 0.1) is 6.54 Å². The van der Waals surface area contributed by atoms with Crippen LogP contribution in [0, 0.1) is 0 Å². The summed E-state index contributed by atoms with van der Waals surface area (Å²) < 4.78 is 5.26. The highest BCUT2D eigenvalue weighted by molar-refractivity contribution is 5.85. The zero-order valence-electron chi connectivity index (χ0n) is 10.1. The maximum atomic E-state index is 5.26. The summed E-state index contributed by atoms with van der Waals surface area (Å²) in [7, 11) is 0. The topological polar surface area (TPSA) is 54.2 Å². The van der Waals surface area contributed by atoms with Gasteiger partial charge in [-0.05, 0) is 19.8 Å². The lowest BCUT2D eigenvalue weighted by Gasteiger charge is -2.32. The Morgan fingerprint density at radius 3 is 3.00 bits per heavy atom. The summed E-state index contributed by atoms with van der Waals surface area (Å²) in [6.07, 6.45) is 2.43. The fourth-order valence-electron chi connectivity index (χ4n) is 2.13. The second kappa shape index (κ2) is 5.33. The van der Waals surface area contributed by atoms with Crippen LogP contribution in [0.15, 0.2) is 4.52 Å². The van der Waals surface area contributed by atoms with E-state index in [1.165, 1.54) is 12.8 Å². The van der Waals surface area contributed by atoms with Crippen molar-refractivity contribution < 1.29 is 4.52 Å². The first-order valence-corrected chi connectivity index (χ1v) is 6.10. The highest BCUT2D eigenvalue weighted by atomic mass is 35.5. The quantitative estimate of drug-likeness (QED) is 0.882. The molecule has 0 spiro atoms. The molecule has 2 fully saturated rings. The van der Waals surface area contributed by atoms with Crippen LogP contribution in [-0.2, 0) is 6.54 Å². The van der Waals surface area contributed by atoms with Gasteiger partial charge in [-0.2, -0.15) is 4.98 Å². The molecule has 0 radical (unpaired) electrons. The maximum Gasteiger partial charge on any atom is 0.229 e. The summed E-state index contributed by atoms with van der Waals surface area (Å²) in [6.45, 7) is 6.21. The number of nitrogens with zero attached hydrogens (tertiary/aromatic N) is 3. The molecule has 1 atom stereocenters. The van der Waals surface area contributed by atoms with Crippen molar-refractivity contribution in [3.63, 3.8) is 0 Å². The third-order valence-corrected chi connectivity index (χ3v) is 3.39. The fraction of sp³-hybridized carbons (Fsp3) is 0.818. The van der Waals surface area contributed by atoms with E-state index in [2.05, 4.69) is 27.3 Å². The van der Waals surface area contributed by atoms with E-state index in [0.717, 1.165) is 37.9 Å². The van der Waals surface area contributed by atoms with Crippen LogP contribution in [0.4, 0.5) is 0 Å². The highest BCUT2D eigenvalue weighted by Crippen LogP contribution is 2.38. The van der Waals surface area contributed by atoms with E-state index in [0.29, 0.717) is 12.0 Å². The number of hydrogen-bond donors (Lipinski definition) is 1. The van der Waals surface area contributed by atoms with Crippen LogP contribution in [0.2, 0.25) is 0 Å². The Balaban J connectivity index is 0.00000108. The Morgan fingerprint density at radius 1 is 1.47 bits per heavy atom. The molecule has 1 N–H and O–H groups in total. The highest BCUT2D eigenvalue weighted by Gasteiger charge is 2.30. The van der Waals surface area contributed by atoms with Gasteiger partial charge in [0.2, 0.25) is 5.89 Å². The molecule has 17 heavy (non-hydrogen) atoms. The van der Waals surface area contributed by atoms with Gasteiger partial charge in [-0.1, -0.05) is 5.16 Å². The van der Waals surface area contributed by atoms with E-state index in [9.17, 15) is 0 Å². The Kier molecular flexibility index (Phi) is 4.01. The summed E-state index contributed by atoms with van der Waals surface area (Å²) in [5, 5.41) is 7.44. The lowest BCUT2D eigenvalue weighted by atomic mass is 10.2. The van der Waals surface area contributed by atoms with Crippen molar-refractivity contribution in [2.24, 2.45) is 0 Å². The van der Waals surface area contributed by atoms with Gasteiger partial charge in [0.25, 0.3) is 0 Å². The number of hydrogen-bond acceptors (Lipinski definition) is 5. The first kappa shape index (κ1) is 12.8. The predicted molar refractivity (Wildman–Crippen MR) is 66.3 cm³/mol. The first-order chi connectivity index (χ1) is 7.83. The van der Waals surface area contributed by atoms with Crippen LogP contribution in [0.1, 0.15) is 37.4 Å². The van der Waals surface area contributed by atoms with Crippen LogP contribution >= 0.6 is 12.4 Å². The van der Waals surface area contributed by atoms with Crippen molar-refractivity contribution in [1.82, 2.24) is 20.4 Å². The molecule has 3 rings (SSSR count). The smallest absolute Gasteiger partial charge is 0.229 e. The Labute approximate surface area is 107 Å². The Hall–Kier alpha value is -0.650. The maximum absolute atomic E-state index is 5.26. The molecule has 1 aromatic rings. The summed E-state index contributed by atoms with van der Waals surface area (Å²) in [4.78, 5) is 6.86. The molecule has 0 amide bonds. The minimum absolute atomic E-state index is 0. The Morgan fingerprint density at radius 2 is 2.29 bits per heavy atom. The van der Waals surface area contributed by atoms with Gasteiger partial charge in [-0.25, -0.2) is 0 Å². The monoisotopic (exact) mass is 258 g/mol. The standard InChI is InChI=1S/C11H18N4O.ClH/c1-8-6-12-4-5-15(8)7-10-13-11(16-14-10)9-2-3-9;/h8-9,12H,2-7H2,1H3;1H/t8-;/m1./s1.